The molecule has 2 aromatic carbocycles. The molecule has 8 heteroatoms. The SMILES string of the molecule is Cc1cccc(CCCCCN2CCN(c3ccnc4ccccc34)CC2)c1CN(C=O)C1CCC(=O)NC1=O. The van der Waals surface area contributed by atoms with Crippen LogP contribution in [0.25, 0.3) is 10.9 Å². The summed E-state index contributed by atoms with van der Waals surface area (Å²) in [6.45, 7) is 7.75. The number of imide groups is 1. The Labute approximate surface area is 236 Å². The highest BCUT2D eigenvalue weighted by Crippen LogP contribution is 2.26. The minimum Gasteiger partial charge on any atom is -0.368 e. The molecule has 3 aromatic rings. The van der Waals surface area contributed by atoms with Gasteiger partial charge in [-0.25, -0.2) is 0 Å². The number of anilines is 1. The molecule has 2 aliphatic rings. The number of unbranched alkanes of at least 4 members (excludes halogenated alkanes) is 2. The van der Waals surface area contributed by atoms with E-state index in [0.29, 0.717) is 13.0 Å². The molecule has 5 rings (SSSR count). The molecule has 0 bridgehead atoms. The highest BCUT2D eigenvalue weighted by atomic mass is 16.2. The first-order chi connectivity index (χ1) is 19.5. The third kappa shape index (κ3) is 6.50. The Morgan fingerprint density at radius 3 is 2.62 bits per heavy atom. The van der Waals surface area contributed by atoms with E-state index in [2.05, 4.69) is 69.5 Å². The van der Waals surface area contributed by atoms with Crippen molar-refractivity contribution in [3.63, 3.8) is 0 Å². The number of hydrogen-bond donors (Lipinski definition) is 1. The van der Waals surface area contributed by atoms with E-state index < -0.39 is 6.04 Å². The number of nitrogens with zero attached hydrogens (tertiary/aromatic N) is 4. The van der Waals surface area contributed by atoms with Crippen molar-refractivity contribution < 1.29 is 14.4 Å². The summed E-state index contributed by atoms with van der Waals surface area (Å²) in [7, 11) is 0. The molecule has 1 aromatic heterocycles. The average Bonchev–Trinajstić information content (AvgIpc) is 2.97. The quantitative estimate of drug-likeness (QED) is 0.226. The fourth-order valence-electron chi connectivity index (χ4n) is 6.02. The largest absolute Gasteiger partial charge is 0.368 e. The van der Waals surface area contributed by atoms with Crippen LogP contribution in [-0.4, -0.2) is 71.8 Å². The second-order valence-electron chi connectivity index (χ2n) is 10.9. The molecule has 0 aliphatic carbocycles. The molecular weight excluding hydrogens is 502 g/mol. The maximum absolute atomic E-state index is 12.3. The number of aryl methyl sites for hydroxylation is 2. The number of rotatable bonds is 11. The molecule has 40 heavy (non-hydrogen) atoms. The zero-order valence-corrected chi connectivity index (χ0v) is 23.3. The van der Waals surface area contributed by atoms with Gasteiger partial charge >= 0.3 is 0 Å². The van der Waals surface area contributed by atoms with Crippen LogP contribution in [0.5, 0.6) is 0 Å². The van der Waals surface area contributed by atoms with Crippen LogP contribution in [0, 0.1) is 6.92 Å². The number of nitrogens with one attached hydrogen (secondary N) is 1. The van der Waals surface area contributed by atoms with Crippen molar-refractivity contribution in [3.05, 3.63) is 71.4 Å². The summed E-state index contributed by atoms with van der Waals surface area (Å²) in [5, 5.41) is 3.59. The molecule has 0 spiro atoms. The van der Waals surface area contributed by atoms with Crippen LogP contribution in [0.1, 0.15) is 48.8 Å². The third-order valence-corrected chi connectivity index (χ3v) is 8.35. The minimum atomic E-state index is -0.597. The Balaban J connectivity index is 1.08. The van der Waals surface area contributed by atoms with Crippen molar-refractivity contribution >= 4 is 34.8 Å². The van der Waals surface area contributed by atoms with Gasteiger partial charge < -0.3 is 9.80 Å². The zero-order chi connectivity index (χ0) is 27.9. The molecule has 1 N–H and O–H groups in total. The number of piperidine rings is 1. The highest BCUT2D eigenvalue weighted by molar-refractivity contribution is 6.00. The van der Waals surface area contributed by atoms with Crippen LogP contribution in [0.15, 0.2) is 54.7 Å². The monoisotopic (exact) mass is 541 g/mol. The Hall–Kier alpha value is -3.78. The number of piperazine rings is 1. The van der Waals surface area contributed by atoms with Gasteiger partial charge in [-0.05, 0) is 68.0 Å². The zero-order valence-electron chi connectivity index (χ0n) is 23.3. The Kier molecular flexibility index (Phi) is 9.06. The standard InChI is InChI=1S/C32H39N5O3/c1-24-8-7-10-25(27(24)22-37(23-38)30-13-14-31(39)34-32(30)40)9-3-2-6-17-35-18-20-36(21-19-35)29-15-16-33-28-12-5-4-11-26(28)29/h4-5,7-8,10-12,15-16,23,30H,2-3,6,9,13-14,17-22H2,1H3,(H,34,39,40). The molecule has 2 fully saturated rings. The molecule has 1 unspecified atom stereocenters. The predicted molar refractivity (Wildman–Crippen MR) is 157 cm³/mol. The normalized spacial score (nSPS) is 18.1. The van der Waals surface area contributed by atoms with E-state index in [0.717, 1.165) is 81.5 Å². The second kappa shape index (κ2) is 13.0. The lowest BCUT2D eigenvalue weighted by Crippen LogP contribution is -2.51. The van der Waals surface area contributed by atoms with E-state index in [1.165, 1.54) is 16.6 Å². The van der Waals surface area contributed by atoms with Crippen molar-refractivity contribution in [2.24, 2.45) is 0 Å². The van der Waals surface area contributed by atoms with Crippen molar-refractivity contribution in [1.82, 2.24) is 20.1 Å². The van der Waals surface area contributed by atoms with Gasteiger partial charge in [-0.2, -0.15) is 0 Å². The Morgan fingerprint density at radius 1 is 1.00 bits per heavy atom. The van der Waals surface area contributed by atoms with E-state index in [1.54, 1.807) is 4.90 Å². The molecule has 2 saturated heterocycles. The van der Waals surface area contributed by atoms with Gasteiger partial charge in [0.15, 0.2) is 0 Å². The summed E-state index contributed by atoms with van der Waals surface area (Å²) in [6, 6.07) is 16.2. The summed E-state index contributed by atoms with van der Waals surface area (Å²) in [6.07, 6.45) is 7.63. The lowest BCUT2D eigenvalue weighted by atomic mass is 9.95. The maximum atomic E-state index is 12.3. The highest BCUT2D eigenvalue weighted by Gasteiger charge is 2.31. The number of carbonyl (C=O) groups excluding carboxylic acids is 3. The Morgan fingerprint density at radius 2 is 1.82 bits per heavy atom. The third-order valence-electron chi connectivity index (χ3n) is 8.35. The van der Waals surface area contributed by atoms with Gasteiger partial charge in [-0.1, -0.05) is 42.8 Å². The number of hydrogen-bond acceptors (Lipinski definition) is 6. The number of amides is 3. The van der Waals surface area contributed by atoms with E-state index in [4.69, 9.17) is 0 Å². The average molecular weight is 542 g/mol. The van der Waals surface area contributed by atoms with Crippen LogP contribution in [0.3, 0.4) is 0 Å². The summed E-state index contributed by atoms with van der Waals surface area (Å²) in [4.78, 5) is 46.9. The molecule has 3 amide bonds. The molecule has 0 radical (unpaired) electrons. The van der Waals surface area contributed by atoms with Crippen molar-refractivity contribution in [2.45, 2.75) is 58.0 Å². The molecule has 0 saturated carbocycles. The summed E-state index contributed by atoms with van der Waals surface area (Å²) in [5.41, 5.74) is 5.80. The molecular formula is C32H39N5O3. The van der Waals surface area contributed by atoms with E-state index in [9.17, 15) is 14.4 Å². The summed E-state index contributed by atoms with van der Waals surface area (Å²) in [5.74, 6) is -0.652. The van der Waals surface area contributed by atoms with Gasteiger partial charge in [0.25, 0.3) is 0 Å². The van der Waals surface area contributed by atoms with Crippen LogP contribution < -0.4 is 10.2 Å². The number of carbonyl (C=O) groups is 3. The van der Waals surface area contributed by atoms with E-state index in [-0.39, 0.29) is 18.2 Å². The number of aromatic nitrogens is 1. The summed E-state index contributed by atoms with van der Waals surface area (Å²) < 4.78 is 0. The van der Waals surface area contributed by atoms with Gasteiger partial charge in [-0.15, -0.1) is 0 Å². The molecule has 3 heterocycles. The lowest BCUT2D eigenvalue weighted by molar-refractivity contribution is -0.141. The summed E-state index contributed by atoms with van der Waals surface area (Å²) >= 11 is 0. The predicted octanol–water partition coefficient (Wildman–Crippen LogP) is 3.84. The number of fused-ring (bicyclic) bond motifs is 1. The lowest BCUT2D eigenvalue weighted by Gasteiger charge is -2.36. The number of benzene rings is 2. The van der Waals surface area contributed by atoms with Crippen molar-refractivity contribution in [2.75, 3.05) is 37.6 Å². The van der Waals surface area contributed by atoms with E-state index in [1.807, 2.05) is 12.3 Å². The Bertz CT molecular complexity index is 1350. The first-order valence-electron chi connectivity index (χ1n) is 14.5. The van der Waals surface area contributed by atoms with Gasteiger partial charge in [0, 0.05) is 56.4 Å². The van der Waals surface area contributed by atoms with Gasteiger partial charge in [0.1, 0.15) is 6.04 Å². The molecule has 1 atom stereocenters. The van der Waals surface area contributed by atoms with Gasteiger partial charge in [0.2, 0.25) is 18.2 Å². The first kappa shape index (κ1) is 27.8. The van der Waals surface area contributed by atoms with Crippen LogP contribution in [0.4, 0.5) is 5.69 Å². The minimum absolute atomic E-state index is 0.261. The number of pyridine rings is 1. The van der Waals surface area contributed by atoms with Crippen LogP contribution in [-0.2, 0) is 27.3 Å². The van der Waals surface area contributed by atoms with Crippen LogP contribution >= 0.6 is 0 Å². The smallest absolute Gasteiger partial charge is 0.249 e. The second-order valence-corrected chi connectivity index (χ2v) is 10.9. The molecule has 2 aliphatic heterocycles. The van der Waals surface area contributed by atoms with Crippen molar-refractivity contribution in [3.8, 4) is 0 Å². The molecule has 8 nitrogen and oxygen atoms in total. The maximum Gasteiger partial charge on any atom is 0.249 e. The van der Waals surface area contributed by atoms with Crippen LogP contribution in [0.2, 0.25) is 0 Å². The molecule has 210 valence electrons. The number of para-hydroxylation sites is 1. The topological polar surface area (TPSA) is 85.8 Å². The van der Waals surface area contributed by atoms with Crippen molar-refractivity contribution in [1.29, 1.82) is 0 Å². The fourth-order valence-corrected chi connectivity index (χ4v) is 6.02. The van der Waals surface area contributed by atoms with E-state index >= 15 is 0 Å². The first-order valence-corrected chi connectivity index (χ1v) is 14.5. The fraction of sp³-hybridized carbons (Fsp3) is 0.438. The van der Waals surface area contributed by atoms with Gasteiger partial charge in [-0.3, -0.25) is 29.6 Å². The van der Waals surface area contributed by atoms with Gasteiger partial charge in [0.05, 0.1) is 5.52 Å².